The van der Waals surface area contributed by atoms with Gasteiger partial charge in [0.25, 0.3) is 5.91 Å². The monoisotopic (exact) mass is 354 g/mol. The molecule has 0 radical (unpaired) electrons. The van der Waals surface area contributed by atoms with Crippen molar-refractivity contribution in [3.63, 3.8) is 0 Å². The van der Waals surface area contributed by atoms with Gasteiger partial charge in [-0.3, -0.25) is 14.7 Å². The van der Waals surface area contributed by atoms with Gasteiger partial charge in [-0.25, -0.2) is 4.98 Å². The third kappa shape index (κ3) is 3.51. The Kier molecular flexibility index (Phi) is 4.76. The van der Waals surface area contributed by atoms with Crippen LogP contribution in [0.5, 0.6) is 0 Å². The first-order valence-electron chi connectivity index (χ1n) is 9.53. The predicted octanol–water partition coefficient (Wildman–Crippen LogP) is 2.76. The number of aryl methyl sites for hydroxylation is 1. The summed E-state index contributed by atoms with van der Waals surface area (Å²) in [6, 6.07) is 4.16. The summed E-state index contributed by atoms with van der Waals surface area (Å²) in [4.78, 5) is 25.4. The number of carbonyl (C=O) groups excluding carboxylic acids is 1. The molecule has 0 bridgehead atoms. The molecule has 6 heteroatoms. The van der Waals surface area contributed by atoms with Crippen LogP contribution in [0.1, 0.15) is 48.2 Å². The zero-order valence-corrected chi connectivity index (χ0v) is 15.4. The molecule has 0 saturated carbocycles. The first-order chi connectivity index (χ1) is 12.7. The highest BCUT2D eigenvalue weighted by Crippen LogP contribution is 2.39. The number of hydrogen-bond acceptors (Lipinski definition) is 5. The summed E-state index contributed by atoms with van der Waals surface area (Å²) in [6.07, 6.45) is 9.06. The van der Waals surface area contributed by atoms with E-state index in [-0.39, 0.29) is 11.3 Å². The highest BCUT2D eigenvalue weighted by Gasteiger charge is 2.42. The topological polar surface area (TPSA) is 62.5 Å². The van der Waals surface area contributed by atoms with Gasteiger partial charge in [-0.2, -0.15) is 0 Å². The van der Waals surface area contributed by atoms with Crippen molar-refractivity contribution in [1.29, 1.82) is 0 Å². The summed E-state index contributed by atoms with van der Waals surface area (Å²) in [7, 11) is 0. The minimum Gasteiger partial charge on any atom is -0.465 e. The van der Waals surface area contributed by atoms with Crippen LogP contribution in [0.3, 0.4) is 0 Å². The fourth-order valence-corrected chi connectivity index (χ4v) is 4.37. The molecule has 4 heterocycles. The number of amides is 1. The van der Waals surface area contributed by atoms with Crippen molar-refractivity contribution < 1.29 is 9.21 Å². The Hall–Kier alpha value is -2.21. The molecule has 1 atom stereocenters. The molecular formula is C20H26N4O2. The van der Waals surface area contributed by atoms with Gasteiger partial charge < -0.3 is 9.32 Å². The Morgan fingerprint density at radius 1 is 1.19 bits per heavy atom. The van der Waals surface area contributed by atoms with E-state index in [9.17, 15) is 4.79 Å². The Morgan fingerprint density at radius 3 is 2.85 bits per heavy atom. The van der Waals surface area contributed by atoms with E-state index >= 15 is 0 Å². The Balaban J connectivity index is 1.40. The maximum absolute atomic E-state index is 12.7. The molecule has 2 fully saturated rings. The summed E-state index contributed by atoms with van der Waals surface area (Å²) in [6.45, 7) is 6.69. The van der Waals surface area contributed by atoms with E-state index < -0.39 is 0 Å². The fraction of sp³-hybridized carbons (Fsp3) is 0.550. The number of piperidine rings is 1. The van der Waals surface area contributed by atoms with E-state index in [0.717, 1.165) is 63.5 Å². The first kappa shape index (κ1) is 17.2. The average Bonchev–Trinajstić information content (AvgIpc) is 3.29. The smallest absolute Gasteiger partial charge is 0.274 e. The molecule has 1 amide bonds. The molecule has 6 nitrogen and oxygen atoms in total. The molecule has 2 aliphatic heterocycles. The van der Waals surface area contributed by atoms with Crippen molar-refractivity contribution >= 4 is 5.91 Å². The SMILES string of the molecule is CCc1ccc(CN2CC[C@@]3(CCCN(C(=O)c4cnccn4)C3)C2)o1. The summed E-state index contributed by atoms with van der Waals surface area (Å²) in [5.41, 5.74) is 0.651. The summed E-state index contributed by atoms with van der Waals surface area (Å²) < 4.78 is 5.87. The highest BCUT2D eigenvalue weighted by molar-refractivity contribution is 5.92. The molecule has 26 heavy (non-hydrogen) atoms. The van der Waals surface area contributed by atoms with Crippen LogP contribution in [0, 0.1) is 5.41 Å². The van der Waals surface area contributed by atoms with Crippen LogP contribution in [0.4, 0.5) is 0 Å². The van der Waals surface area contributed by atoms with Gasteiger partial charge in [0, 0.05) is 43.9 Å². The molecule has 138 valence electrons. The van der Waals surface area contributed by atoms with Crippen LogP contribution in [0.15, 0.2) is 35.1 Å². The van der Waals surface area contributed by atoms with Gasteiger partial charge in [0.1, 0.15) is 17.2 Å². The van der Waals surface area contributed by atoms with Gasteiger partial charge >= 0.3 is 0 Å². The summed E-state index contributed by atoms with van der Waals surface area (Å²) in [5.74, 6) is 2.10. The van der Waals surface area contributed by atoms with Crippen molar-refractivity contribution in [1.82, 2.24) is 19.8 Å². The Labute approximate surface area is 154 Å². The number of hydrogen-bond donors (Lipinski definition) is 0. The zero-order valence-electron chi connectivity index (χ0n) is 15.4. The van der Waals surface area contributed by atoms with E-state index in [2.05, 4.69) is 33.9 Å². The minimum atomic E-state index is 0.00856. The Bertz CT molecular complexity index is 760. The van der Waals surface area contributed by atoms with Crippen molar-refractivity contribution in [2.75, 3.05) is 26.2 Å². The third-order valence-electron chi connectivity index (χ3n) is 5.69. The molecule has 0 aromatic carbocycles. The molecule has 0 unspecified atom stereocenters. The van der Waals surface area contributed by atoms with Crippen LogP contribution >= 0.6 is 0 Å². The van der Waals surface area contributed by atoms with E-state index in [1.165, 1.54) is 6.42 Å². The van der Waals surface area contributed by atoms with Gasteiger partial charge in [0.05, 0.1) is 12.7 Å². The number of nitrogens with zero attached hydrogens (tertiary/aromatic N) is 4. The van der Waals surface area contributed by atoms with E-state index in [1.807, 2.05) is 4.90 Å². The van der Waals surface area contributed by atoms with E-state index in [0.29, 0.717) is 5.69 Å². The molecule has 2 aromatic rings. The minimum absolute atomic E-state index is 0.00856. The molecule has 1 spiro atoms. The molecule has 2 aliphatic rings. The van der Waals surface area contributed by atoms with E-state index in [4.69, 9.17) is 4.42 Å². The quantitative estimate of drug-likeness (QED) is 0.845. The number of likely N-dealkylation sites (tertiary alicyclic amines) is 2. The second kappa shape index (κ2) is 7.19. The van der Waals surface area contributed by atoms with Crippen LogP contribution in [-0.2, 0) is 13.0 Å². The maximum Gasteiger partial charge on any atom is 0.274 e. The normalized spacial score (nSPS) is 23.7. The van der Waals surface area contributed by atoms with Gasteiger partial charge in [-0.15, -0.1) is 0 Å². The van der Waals surface area contributed by atoms with Crippen LogP contribution in [-0.4, -0.2) is 51.9 Å². The molecule has 2 saturated heterocycles. The first-order valence-corrected chi connectivity index (χ1v) is 9.53. The zero-order chi connectivity index (χ0) is 18.0. The lowest BCUT2D eigenvalue weighted by Crippen LogP contribution is -2.47. The van der Waals surface area contributed by atoms with Crippen molar-refractivity contribution in [2.45, 2.75) is 39.2 Å². The van der Waals surface area contributed by atoms with E-state index in [1.54, 1.807) is 18.6 Å². The van der Waals surface area contributed by atoms with Gasteiger partial charge in [-0.1, -0.05) is 6.92 Å². The number of furan rings is 1. The lowest BCUT2D eigenvalue weighted by molar-refractivity contribution is 0.0519. The summed E-state index contributed by atoms with van der Waals surface area (Å²) in [5, 5.41) is 0. The lowest BCUT2D eigenvalue weighted by Gasteiger charge is -2.40. The second-order valence-electron chi connectivity index (χ2n) is 7.60. The molecule has 4 rings (SSSR count). The van der Waals surface area contributed by atoms with Gasteiger partial charge in [0.15, 0.2) is 0 Å². The predicted molar refractivity (Wildman–Crippen MR) is 97.6 cm³/mol. The van der Waals surface area contributed by atoms with Crippen LogP contribution in [0.2, 0.25) is 0 Å². The second-order valence-corrected chi connectivity index (χ2v) is 7.60. The maximum atomic E-state index is 12.7. The highest BCUT2D eigenvalue weighted by atomic mass is 16.3. The van der Waals surface area contributed by atoms with Crippen LogP contribution < -0.4 is 0 Å². The van der Waals surface area contributed by atoms with Gasteiger partial charge in [-0.05, 0) is 37.9 Å². The number of aromatic nitrogens is 2. The summed E-state index contributed by atoms with van der Waals surface area (Å²) >= 11 is 0. The van der Waals surface area contributed by atoms with Crippen LogP contribution in [0.25, 0.3) is 0 Å². The molecule has 0 aliphatic carbocycles. The molecule has 0 N–H and O–H groups in total. The fourth-order valence-electron chi connectivity index (χ4n) is 4.37. The van der Waals surface area contributed by atoms with Gasteiger partial charge in [0.2, 0.25) is 0 Å². The van der Waals surface area contributed by atoms with Crippen molar-refractivity contribution in [3.8, 4) is 0 Å². The Morgan fingerprint density at radius 2 is 2.08 bits per heavy atom. The molecular weight excluding hydrogens is 328 g/mol. The number of carbonyl (C=O) groups is 1. The average molecular weight is 354 g/mol. The standard InChI is InChI=1S/C20H26N4O2/c1-2-16-4-5-17(26-16)13-23-11-7-20(14-23)6-3-10-24(15-20)19(25)18-12-21-8-9-22-18/h4-5,8-9,12H,2-3,6-7,10-11,13-15H2,1H3/t20-/m0/s1. The molecule has 2 aromatic heterocycles. The third-order valence-corrected chi connectivity index (χ3v) is 5.69. The van der Waals surface area contributed by atoms with Crippen molar-refractivity contribution in [3.05, 3.63) is 47.9 Å². The number of rotatable bonds is 4. The lowest BCUT2D eigenvalue weighted by atomic mass is 9.79. The van der Waals surface area contributed by atoms with Crippen molar-refractivity contribution in [2.24, 2.45) is 5.41 Å². The largest absolute Gasteiger partial charge is 0.465 e.